The number of fused-ring (bicyclic) bond motifs is 1. The molecule has 1 aromatic rings. The third-order valence-corrected chi connectivity index (χ3v) is 8.43. The molecular formula is C27H38N2O6S. The van der Waals surface area contributed by atoms with Crippen molar-refractivity contribution in [2.24, 2.45) is 17.3 Å². The average Bonchev–Trinajstić information content (AvgIpc) is 3.26. The standard InChI is InChI=1S/C27H38N2O6S/c1-14(10-18-13-36-17(4)28-18)19-11-22-27(7,35-22)9-8-20(30)15(2)24(33)16(3)25(34)26(5,6)21(31)12-23(32)29-19/h8-10,13,15-16,19,21-22,24,31,33H,11-12H2,1-7H3,(H,29,32)/t15-,16+,19-,21-,22-,24-,27+/m0/s1. The molecule has 1 amide bonds. The number of aliphatic hydroxyl groups excluding tert-OH is 2. The number of carbonyl (C=O) groups excluding carboxylic acids is 3. The number of aromatic nitrogens is 1. The lowest BCUT2D eigenvalue weighted by Gasteiger charge is -2.34. The lowest BCUT2D eigenvalue weighted by atomic mass is 9.73. The topological polar surface area (TPSA) is 129 Å². The molecule has 36 heavy (non-hydrogen) atoms. The van der Waals surface area contributed by atoms with E-state index in [9.17, 15) is 24.6 Å². The zero-order valence-corrected chi connectivity index (χ0v) is 22.9. The summed E-state index contributed by atoms with van der Waals surface area (Å²) >= 11 is 1.54. The van der Waals surface area contributed by atoms with Gasteiger partial charge < -0.3 is 20.3 Å². The van der Waals surface area contributed by atoms with E-state index in [1.807, 2.05) is 32.2 Å². The Kier molecular flexibility index (Phi) is 8.40. The lowest BCUT2D eigenvalue weighted by Crippen LogP contribution is -2.48. The zero-order chi connectivity index (χ0) is 27.0. The van der Waals surface area contributed by atoms with E-state index >= 15 is 0 Å². The molecule has 0 spiro atoms. The van der Waals surface area contributed by atoms with Gasteiger partial charge in [-0.3, -0.25) is 14.4 Å². The van der Waals surface area contributed by atoms with E-state index in [0.29, 0.717) is 6.42 Å². The highest BCUT2D eigenvalue weighted by Gasteiger charge is 2.51. The summed E-state index contributed by atoms with van der Waals surface area (Å²) in [6.07, 6.45) is 2.47. The summed E-state index contributed by atoms with van der Waals surface area (Å²) in [5.74, 6) is -2.82. The number of aliphatic hydroxyl groups is 2. The first-order chi connectivity index (χ1) is 16.7. The summed E-state index contributed by atoms with van der Waals surface area (Å²) in [5, 5.41) is 27.5. The molecule has 1 fully saturated rings. The van der Waals surface area contributed by atoms with Gasteiger partial charge in [0.1, 0.15) is 11.4 Å². The van der Waals surface area contributed by atoms with E-state index in [2.05, 4.69) is 10.3 Å². The molecule has 0 unspecified atom stereocenters. The fourth-order valence-corrected chi connectivity index (χ4v) is 5.22. The van der Waals surface area contributed by atoms with Gasteiger partial charge in [-0.15, -0.1) is 11.3 Å². The second-order valence-corrected chi connectivity index (χ2v) is 12.0. The number of ether oxygens (including phenoxy) is 1. The van der Waals surface area contributed by atoms with Crippen molar-refractivity contribution in [3.8, 4) is 0 Å². The first kappa shape index (κ1) is 28.4. The smallest absolute Gasteiger partial charge is 0.223 e. The highest BCUT2D eigenvalue weighted by Crippen LogP contribution is 2.41. The predicted octanol–water partition coefficient (Wildman–Crippen LogP) is 3.01. The van der Waals surface area contributed by atoms with Crippen LogP contribution in [0, 0.1) is 24.2 Å². The van der Waals surface area contributed by atoms with Gasteiger partial charge in [-0.25, -0.2) is 4.98 Å². The normalized spacial score (nSPS) is 36.4. The Bertz CT molecular complexity index is 1080. The van der Waals surface area contributed by atoms with Crippen LogP contribution in [0.4, 0.5) is 0 Å². The largest absolute Gasteiger partial charge is 0.392 e. The second-order valence-electron chi connectivity index (χ2n) is 10.9. The van der Waals surface area contributed by atoms with Gasteiger partial charge in [-0.1, -0.05) is 27.7 Å². The zero-order valence-electron chi connectivity index (χ0n) is 22.1. The van der Waals surface area contributed by atoms with Crippen molar-refractivity contribution in [3.05, 3.63) is 33.8 Å². The highest BCUT2D eigenvalue weighted by atomic mass is 32.1. The van der Waals surface area contributed by atoms with E-state index in [4.69, 9.17) is 4.74 Å². The predicted molar refractivity (Wildman–Crippen MR) is 138 cm³/mol. The Morgan fingerprint density at radius 3 is 2.47 bits per heavy atom. The van der Waals surface area contributed by atoms with Crippen LogP contribution < -0.4 is 5.32 Å². The SMILES string of the molecule is CC(=Cc1csc(C)n1)[C@@H]1C[C@@H]2O[C@]2(C)C=CC(=O)[C@H](C)[C@H](O)[C@@H](C)C(=O)C(C)(C)[C@@H](O)CC(=O)N1. The van der Waals surface area contributed by atoms with Gasteiger partial charge in [0.2, 0.25) is 5.91 Å². The number of thiazole rings is 1. The first-order valence-corrected chi connectivity index (χ1v) is 13.2. The van der Waals surface area contributed by atoms with Gasteiger partial charge in [0.25, 0.3) is 0 Å². The van der Waals surface area contributed by atoms with E-state index in [1.165, 1.54) is 17.4 Å². The number of amides is 1. The van der Waals surface area contributed by atoms with Crippen LogP contribution in [0.5, 0.6) is 0 Å². The van der Waals surface area contributed by atoms with E-state index < -0.39 is 52.8 Å². The fourth-order valence-electron chi connectivity index (χ4n) is 4.65. The van der Waals surface area contributed by atoms with Crippen LogP contribution in [-0.4, -0.2) is 62.6 Å². The van der Waals surface area contributed by atoms with Gasteiger partial charge in [0.05, 0.1) is 46.9 Å². The molecule has 0 aliphatic carbocycles. The number of carbonyl (C=O) groups is 3. The van der Waals surface area contributed by atoms with E-state index in [0.717, 1.165) is 16.3 Å². The van der Waals surface area contributed by atoms with Crippen molar-refractivity contribution >= 4 is 34.9 Å². The maximum Gasteiger partial charge on any atom is 0.223 e. The summed E-state index contributed by atoms with van der Waals surface area (Å²) in [7, 11) is 0. The summed E-state index contributed by atoms with van der Waals surface area (Å²) in [4.78, 5) is 43.5. The van der Waals surface area contributed by atoms with Crippen LogP contribution in [0.3, 0.4) is 0 Å². The Morgan fingerprint density at radius 1 is 1.19 bits per heavy atom. The minimum atomic E-state index is -1.30. The molecule has 3 N–H and O–H groups in total. The van der Waals surface area contributed by atoms with Crippen LogP contribution in [-0.2, 0) is 19.1 Å². The molecule has 0 saturated carbocycles. The third-order valence-electron chi connectivity index (χ3n) is 7.64. The summed E-state index contributed by atoms with van der Waals surface area (Å²) in [6.45, 7) is 11.9. The minimum absolute atomic E-state index is 0.234. The Labute approximate surface area is 216 Å². The maximum atomic E-state index is 13.2. The van der Waals surface area contributed by atoms with Crippen LogP contribution in [0.2, 0.25) is 0 Å². The molecule has 2 aliphatic rings. The summed E-state index contributed by atoms with van der Waals surface area (Å²) in [6, 6.07) is -0.394. The summed E-state index contributed by atoms with van der Waals surface area (Å²) in [5.41, 5.74) is -0.303. The minimum Gasteiger partial charge on any atom is -0.392 e. The van der Waals surface area contributed by atoms with Crippen molar-refractivity contribution in [2.45, 2.75) is 91.3 Å². The number of nitrogens with zero attached hydrogens (tertiary/aromatic N) is 1. The van der Waals surface area contributed by atoms with Crippen LogP contribution in [0.25, 0.3) is 6.08 Å². The van der Waals surface area contributed by atoms with Gasteiger partial charge in [-0.05, 0) is 44.6 Å². The number of ketones is 2. The fraction of sp³-hybridized carbons (Fsp3) is 0.630. The number of Topliss-reactive ketones (excluding diaryl/α,β-unsaturated/α-hetero) is 1. The maximum absolute atomic E-state index is 13.2. The number of allylic oxidation sites excluding steroid dienone is 1. The van der Waals surface area contributed by atoms with Gasteiger partial charge in [0.15, 0.2) is 5.78 Å². The van der Waals surface area contributed by atoms with Crippen molar-refractivity contribution in [1.82, 2.24) is 10.3 Å². The molecule has 3 rings (SSSR count). The Balaban J connectivity index is 1.94. The van der Waals surface area contributed by atoms with Gasteiger partial charge >= 0.3 is 0 Å². The highest BCUT2D eigenvalue weighted by molar-refractivity contribution is 7.09. The number of aryl methyl sites for hydroxylation is 1. The molecule has 1 aromatic heterocycles. The quantitative estimate of drug-likeness (QED) is 0.513. The second kappa shape index (κ2) is 10.7. The molecule has 7 atom stereocenters. The molecule has 1 saturated heterocycles. The summed E-state index contributed by atoms with van der Waals surface area (Å²) < 4.78 is 5.91. The van der Waals surface area contributed by atoms with Crippen LogP contribution >= 0.6 is 11.3 Å². The molecule has 2 aliphatic heterocycles. The number of rotatable bonds is 2. The van der Waals surface area contributed by atoms with Crippen molar-refractivity contribution < 1.29 is 29.3 Å². The Hall–Kier alpha value is -2.20. The lowest BCUT2D eigenvalue weighted by molar-refractivity contribution is -0.143. The molecule has 9 heteroatoms. The molecule has 198 valence electrons. The van der Waals surface area contributed by atoms with Crippen molar-refractivity contribution in [3.63, 3.8) is 0 Å². The average molecular weight is 519 g/mol. The number of hydrogen-bond acceptors (Lipinski definition) is 8. The van der Waals surface area contributed by atoms with Crippen molar-refractivity contribution in [2.75, 3.05) is 0 Å². The van der Waals surface area contributed by atoms with E-state index in [-0.39, 0.29) is 18.3 Å². The number of nitrogens with one attached hydrogen (secondary N) is 1. The van der Waals surface area contributed by atoms with Crippen LogP contribution in [0.1, 0.15) is 65.1 Å². The molecule has 0 radical (unpaired) electrons. The molecule has 8 nitrogen and oxygen atoms in total. The van der Waals surface area contributed by atoms with Crippen LogP contribution in [0.15, 0.2) is 23.1 Å². The number of epoxide rings is 1. The monoisotopic (exact) mass is 518 g/mol. The first-order valence-electron chi connectivity index (χ1n) is 12.4. The number of hydrogen-bond donors (Lipinski definition) is 3. The Morgan fingerprint density at radius 2 is 1.86 bits per heavy atom. The molecular weight excluding hydrogens is 480 g/mol. The third kappa shape index (κ3) is 6.19. The molecule has 0 bridgehead atoms. The van der Waals surface area contributed by atoms with Gasteiger partial charge in [0, 0.05) is 23.6 Å². The van der Waals surface area contributed by atoms with Gasteiger partial charge in [-0.2, -0.15) is 0 Å². The molecule has 0 aromatic carbocycles. The van der Waals surface area contributed by atoms with Crippen molar-refractivity contribution in [1.29, 1.82) is 0 Å². The van der Waals surface area contributed by atoms with E-state index in [1.54, 1.807) is 33.8 Å². The molecule has 3 heterocycles.